The van der Waals surface area contributed by atoms with E-state index < -0.39 is 5.97 Å². The second kappa shape index (κ2) is 8.75. The fourth-order valence-corrected chi connectivity index (χ4v) is 2.64. The monoisotopic (exact) mass is 403 g/mol. The Bertz CT molecular complexity index is 982. The van der Waals surface area contributed by atoms with Crippen molar-refractivity contribution in [3.63, 3.8) is 0 Å². The molecule has 0 unspecified atom stereocenters. The highest BCUT2D eigenvalue weighted by Gasteiger charge is 2.12. The molecule has 0 N–H and O–H groups in total. The Morgan fingerprint density at radius 3 is 2.74 bits per heavy atom. The third kappa shape index (κ3) is 4.90. The molecule has 27 heavy (non-hydrogen) atoms. The molecule has 0 aliphatic heterocycles. The Hall–Kier alpha value is -2.76. The summed E-state index contributed by atoms with van der Waals surface area (Å²) in [5.74, 6) is 0.586. The molecule has 2 aromatic carbocycles. The Morgan fingerprint density at radius 1 is 1.15 bits per heavy atom. The number of carbonyl (C=O) groups excluding carboxylic acids is 1. The summed E-state index contributed by atoms with van der Waals surface area (Å²) in [6, 6.07) is 14.2. The maximum atomic E-state index is 11.9. The van der Waals surface area contributed by atoms with Crippen LogP contribution >= 0.6 is 23.2 Å². The number of hydrogen-bond donors (Lipinski definition) is 0. The second-order valence-corrected chi connectivity index (χ2v) is 6.31. The summed E-state index contributed by atoms with van der Waals surface area (Å²) in [5.41, 5.74) is 2.13. The third-order valence-corrected chi connectivity index (χ3v) is 4.39. The fraction of sp³-hybridized carbons (Fsp3) is 0.100. The highest BCUT2D eigenvalue weighted by atomic mass is 35.5. The molecule has 0 atom stereocenters. The number of aromatic nitrogens is 1. The van der Waals surface area contributed by atoms with Crippen molar-refractivity contribution in [1.82, 2.24) is 5.16 Å². The first-order valence-electron chi connectivity index (χ1n) is 7.95. The summed E-state index contributed by atoms with van der Waals surface area (Å²) in [7, 11) is 1.59. The van der Waals surface area contributed by atoms with E-state index in [9.17, 15) is 4.79 Å². The lowest BCUT2D eigenvalue weighted by atomic mass is 10.1. The van der Waals surface area contributed by atoms with Crippen LogP contribution in [-0.4, -0.2) is 18.2 Å². The normalized spacial score (nSPS) is 10.9. The van der Waals surface area contributed by atoms with Crippen molar-refractivity contribution in [2.24, 2.45) is 0 Å². The van der Waals surface area contributed by atoms with Gasteiger partial charge < -0.3 is 14.0 Å². The van der Waals surface area contributed by atoms with Gasteiger partial charge in [0.15, 0.2) is 12.4 Å². The van der Waals surface area contributed by atoms with Crippen LogP contribution in [0.1, 0.15) is 11.3 Å². The number of hydrogen-bond acceptors (Lipinski definition) is 5. The second-order valence-electron chi connectivity index (χ2n) is 5.49. The summed E-state index contributed by atoms with van der Waals surface area (Å²) >= 11 is 11.8. The van der Waals surface area contributed by atoms with Gasteiger partial charge in [0.05, 0.1) is 17.2 Å². The van der Waals surface area contributed by atoms with E-state index in [0.717, 1.165) is 11.1 Å². The first-order chi connectivity index (χ1) is 13.1. The number of para-hydroxylation sites is 1. The van der Waals surface area contributed by atoms with Gasteiger partial charge in [-0.05, 0) is 35.9 Å². The highest BCUT2D eigenvalue weighted by molar-refractivity contribution is 6.42. The molecule has 0 aliphatic carbocycles. The summed E-state index contributed by atoms with van der Waals surface area (Å²) in [4.78, 5) is 11.9. The zero-order valence-corrected chi connectivity index (χ0v) is 15.8. The fourth-order valence-electron chi connectivity index (χ4n) is 2.33. The maximum absolute atomic E-state index is 11.9. The van der Waals surface area contributed by atoms with E-state index >= 15 is 0 Å². The van der Waals surface area contributed by atoms with Gasteiger partial charge in [-0.3, -0.25) is 0 Å². The van der Waals surface area contributed by atoms with Crippen LogP contribution in [0.15, 0.2) is 59.1 Å². The molecule has 0 saturated heterocycles. The zero-order valence-electron chi connectivity index (χ0n) is 14.3. The van der Waals surface area contributed by atoms with Crippen molar-refractivity contribution in [3.05, 3.63) is 76.0 Å². The summed E-state index contributed by atoms with van der Waals surface area (Å²) < 4.78 is 15.7. The lowest BCUT2D eigenvalue weighted by Gasteiger charge is -2.03. The molecule has 0 amide bonds. The summed E-state index contributed by atoms with van der Waals surface area (Å²) in [6.45, 7) is -0.0350. The quantitative estimate of drug-likeness (QED) is 0.406. The molecule has 0 bridgehead atoms. The Morgan fingerprint density at radius 2 is 1.96 bits per heavy atom. The van der Waals surface area contributed by atoms with Gasteiger partial charge >= 0.3 is 5.97 Å². The zero-order chi connectivity index (χ0) is 19.2. The van der Waals surface area contributed by atoms with Gasteiger partial charge in [0, 0.05) is 17.7 Å². The van der Waals surface area contributed by atoms with Crippen LogP contribution in [-0.2, 0) is 16.1 Å². The number of esters is 1. The van der Waals surface area contributed by atoms with Crippen LogP contribution in [0, 0.1) is 0 Å². The van der Waals surface area contributed by atoms with Crippen molar-refractivity contribution in [2.75, 3.05) is 7.11 Å². The number of methoxy groups -OCH3 is 1. The van der Waals surface area contributed by atoms with E-state index in [4.69, 9.17) is 37.2 Å². The number of nitrogens with zero attached hydrogens (tertiary/aromatic N) is 1. The van der Waals surface area contributed by atoms with Crippen LogP contribution in [0.4, 0.5) is 0 Å². The predicted molar refractivity (Wildman–Crippen MR) is 104 cm³/mol. The molecule has 0 fully saturated rings. The molecule has 7 heteroatoms. The first kappa shape index (κ1) is 19.0. The maximum Gasteiger partial charge on any atom is 0.331 e. The average Bonchev–Trinajstić information content (AvgIpc) is 3.16. The highest BCUT2D eigenvalue weighted by Crippen LogP contribution is 2.29. The minimum atomic E-state index is -0.517. The first-order valence-corrected chi connectivity index (χ1v) is 8.71. The van der Waals surface area contributed by atoms with Gasteiger partial charge in [-0.25, -0.2) is 4.79 Å². The van der Waals surface area contributed by atoms with Crippen molar-refractivity contribution >= 4 is 35.2 Å². The molecular formula is C20H15Cl2NO4. The van der Waals surface area contributed by atoms with Crippen LogP contribution < -0.4 is 4.74 Å². The van der Waals surface area contributed by atoms with E-state index in [1.807, 2.05) is 24.3 Å². The Balaban J connectivity index is 1.60. The summed E-state index contributed by atoms with van der Waals surface area (Å²) in [5, 5.41) is 4.86. The molecule has 1 heterocycles. The van der Waals surface area contributed by atoms with Crippen LogP contribution in [0.3, 0.4) is 0 Å². The third-order valence-electron chi connectivity index (χ3n) is 3.65. The number of rotatable bonds is 6. The van der Waals surface area contributed by atoms with E-state index in [2.05, 4.69) is 5.16 Å². The van der Waals surface area contributed by atoms with E-state index in [-0.39, 0.29) is 6.61 Å². The molecule has 0 saturated carbocycles. The van der Waals surface area contributed by atoms with Crippen molar-refractivity contribution < 1.29 is 18.8 Å². The van der Waals surface area contributed by atoms with E-state index in [1.54, 1.807) is 37.5 Å². The molecule has 0 aliphatic rings. The number of ether oxygens (including phenoxy) is 2. The molecule has 138 valence electrons. The summed E-state index contributed by atoms with van der Waals surface area (Å²) in [6.07, 6.45) is 2.89. The molecule has 3 aromatic rings. The van der Waals surface area contributed by atoms with E-state index in [0.29, 0.717) is 27.2 Å². The minimum absolute atomic E-state index is 0.0350. The largest absolute Gasteiger partial charge is 0.496 e. The standard InChI is InChI=1S/C20H15Cl2NO4/c1-25-19-5-3-2-4-15(19)18-11-14(27-23-18)12-26-20(24)9-7-13-6-8-16(21)17(22)10-13/h2-11H,12H2,1H3/b9-7-. The van der Waals surface area contributed by atoms with Crippen molar-refractivity contribution in [3.8, 4) is 17.0 Å². The average molecular weight is 404 g/mol. The number of benzene rings is 2. The van der Waals surface area contributed by atoms with Crippen LogP contribution in [0.5, 0.6) is 5.75 Å². The van der Waals surface area contributed by atoms with Gasteiger partial charge in [-0.2, -0.15) is 0 Å². The van der Waals surface area contributed by atoms with Crippen LogP contribution in [0.25, 0.3) is 17.3 Å². The van der Waals surface area contributed by atoms with Crippen molar-refractivity contribution in [1.29, 1.82) is 0 Å². The van der Waals surface area contributed by atoms with Gasteiger partial charge in [-0.1, -0.05) is 46.6 Å². The molecular weight excluding hydrogens is 389 g/mol. The van der Waals surface area contributed by atoms with Crippen LogP contribution in [0.2, 0.25) is 10.0 Å². The van der Waals surface area contributed by atoms with Gasteiger partial charge in [0.2, 0.25) is 0 Å². The SMILES string of the molecule is COc1ccccc1-c1cc(COC(=O)/C=C\c2ccc(Cl)c(Cl)c2)on1. The predicted octanol–water partition coefficient (Wildman–Crippen LogP) is 5.41. The lowest BCUT2D eigenvalue weighted by Crippen LogP contribution is -1.99. The van der Waals surface area contributed by atoms with Gasteiger partial charge in [-0.15, -0.1) is 0 Å². The molecule has 0 radical (unpaired) electrons. The smallest absolute Gasteiger partial charge is 0.331 e. The van der Waals surface area contributed by atoms with E-state index in [1.165, 1.54) is 6.08 Å². The number of halogens is 2. The molecule has 0 spiro atoms. The van der Waals surface area contributed by atoms with Gasteiger partial charge in [0.1, 0.15) is 11.4 Å². The Labute approximate surface area is 166 Å². The topological polar surface area (TPSA) is 61.6 Å². The van der Waals surface area contributed by atoms with Crippen molar-refractivity contribution in [2.45, 2.75) is 6.61 Å². The Kier molecular flexibility index (Phi) is 6.16. The molecule has 3 rings (SSSR count). The number of carbonyl (C=O) groups is 1. The minimum Gasteiger partial charge on any atom is -0.496 e. The molecule has 1 aromatic heterocycles. The van der Waals surface area contributed by atoms with Gasteiger partial charge in [0.25, 0.3) is 0 Å². The lowest BCUT2D eigenvalue weighted by molar-refractivity contribution is -0.139. The molecule has 5 nitrogen and oxygen atoms in total.